The van der Waals surface area contributed by atoms with Crippen molar-refractivity contribution >= 4 is 34.6 Å². The molecule has 1 unspecified atom stereocenters. The van der Waals surface area contributed by atoms with Crippen molar-refractivity contribution in [3.63, 3.8) is 0 Å². The summed E-state index contributed by atoms with van der Waals surface area (Å²) in [6, 6.07) is 33.4. The molecular formula is C29H27N3O3. The fourth-order valence-corrected chi connectivity index (χ4v) is 3.51. The minimum Gasteiger partial charge on any atom is -0.481 e. The summed E-state index contributed by atoms with van der Waals surface area (Å²) < 4.78 is 5.83. The number of hydrogen-bond acceptors (Lipinski definition) is 4. The zero-order valence-electron chi connectivity index (χ0n) is 19.4. The Bertz CT molecular complexity index is 1260. The predicted molar refractivity (Wildman–Crippen MR) is 140 cm³/mol. The van der Waals surface area contributed by atoms with E-state index in [4.69, 9.17) is 4.74 Å². The monoisotopic (exact) mass is 465 g/mol. The molecule has 0 aliphatic rings. The first-order valence-corrected chi connectivity index (χ1v) is 11.5. The lowest BCUT2D eigenvalue weighted by Crippen LogP contribution is -2.33. The van der Waals surface area contributed by atoms with Crippen LogP contribution in [-0.2, 0) is 4.79 Å². The van der Waals surface area contributed by atoms with Crippen LogP contribution in [0.15, 0.2) is 109 Å². The Morgan fingerprint density at radius 3 is 1.94 bits per heavy atom. The molecular weight excluding hydrogens is 438 g/mol. The van der Waals surface area contributed by atoms with Crippen LogP contribution in [0.1, 0.15) is 23.7 Å². The van der Waals surface area contributed by atoms with Crippen LogP contribution in [0, 0.1) is 0 Å². The van der Waals surface area contributed by atoms with Crippen LogP contribution in [0.4, 0.5) is 22.7 Å². The fourth-order valence-electron chi connectivity index (χ4n) is 3.51. The number of benzene rings is 4. The number of carbonyl (C=O) groups excluding carboxylic acids is 2. The summed E-state index contributed by atoms with van der Waals surface area (Å²) in [5.74, 6) is -0.0135. The van der Waals surface area contributed by atoms with Crippen LogP contribution in [-0.4, -0.2) is 17.9 Å². The van der Waals surface area contributed by atoms with Gasteiger partial charge in [0, 0.05) is 17.1 Å². The van der Waals surface area contributed by atoms with E-state index in [0.717, 1.165) is 11.4 Å². The molecule has 2 amide bonds. The third kappa shape index (κ3) is 6.48. The second kappa shape index (κ2) is 11.5. The van der Waals surface area contributed by atoms with Gasteiger partial charge in [0.05, 0.1) is 11.3 Å². The second-order valence-corrected chi connectivity index (χ2v) is 7.89. The second-order valence-electron chi connectivity index (χ2n) is 7.89. The Morgan fingerprint density at radius 1 is 0.686 bits per heavy atom. The smallest absolute Gasteiger partial charge is 0.265 e. The summed E-state index contributed by atoms with van der Waals surface area (Å²) in [4.78, 5) is 25.9. The largest absolute Gasteiger partial charge is 0.481 e. The van der Waals surface area contributed by atoms with Crippen molar-refractivity contribution in [2.45, 2.75) is 19.4 Å². The molecule has 4 rings (SSSR count). The average molecular weight is 466 g/mol. The molecule has 6 heteroatoms. The summed E-state index contributed by atoms with van der Waals surface area (Å²) in [6.45, 7) is 1.88. The first-order valence-electron chi connectivity index (χ1n) is 11.5. The molecule has 0 saturated heterocycles. The van der Waals surface area contributed by atoms with E-state index in [1.165, 1.54) is 0 Å². The molecule has 4 aromatic carbocycles. The van der Waals surface area contributed by atoms with Crippen molar-refractivity contribution in [1.82, 2.24) is 0 Å². The highest BCUT2D eigenvalue weighted by atomic mass is 16.5. The van der Waals surface area contributed by atoms with E-state index in [1.807, 2.05) is 79.7 Å². The van der Waals surface area contributed by atoms with Gasteiger partial charge in [-0.25, -0.2) is 0 Å². The number of ether oxygens (including phenoxy) is 1. The summed E-state index contributed by atoms with van der Waals surface area (Å²) >= 11 is 0. The van der Waals surface area contributed by atoms with Gasteiger partial charge in [0.25, 0.3) is 11.8 Å². The highest BCUT2D eigenvalue weighted by molar-refractivity contribution is 6.10. The molecule has 0 aromatic heterocycles. The predicted octanol–water partition coefficient (Wildman–Crippen LogP) is 6.48. The standard InChI is InChI=1S/C29H27N3O3/c1-2-27(35-24-13-7-4-8-14-24)29(34)32-26-16-10-9-15-25(26)28(33)31-23-19-17-22(18-20-23)30-21-11-5-3-6-12-21/h3-20,27,30H,2H2,1H3,(H,31,33)(H,32,34). The Morgan fingerprint density at radius 2 is 1.26 bits per heavy atom. The molecule has 0 radical (unpaired) electrons. The highest BCUT2D eigenvalue weighted by Gasteiger charge is 2.21. The Hall–Kier alpha value is -4.58. The maximum absolute atomic E-state index is 13.0. The van der Waals surface area contributed by atoms with Crippen LogP contribution in [0.2, 0.25) is 0 Å². The van der Waals surface area contributed by atoms with E-state index in [1.54, 1.807) is 36.4 Å². The molecule has 6 nitrogen and oxygen atoms in total. The first kappa shape index (κ1) is 23.6. The third-order valence-corrected chi connectivity index (χ3v) is 5.32. The Labute approximate surface area is 205 Å². The minimum atomic E-state index is -0.682. The molecule has 0 aliphatic heterocycles. The number of carbonyl (C=O) groups is 2. The van der Waals surface area contributed by atoms with E-state index < -0.39 is 6.10 Å². The van der Waals surface area contributed by atoms with Crippen molar-refractivity contribution in [3.8, 4) is 5.75 Å². The summed E-state index contributed by atoms with van der Waals surface area (Å²) in [5.41, 5.74) is 3.32. The van der Waals surface area contributed by atoms with Crippen molar-refractivity contribution in [3.05, 3.63) is 115 Å². The average Bonchev–Trinajstić information content (AvgIpc) is 2.90. The van der Waals surface area contributed by atoms with Crippen LogP contribution in [0.3, 0.4) is 0 Å². The maximum Gasteiger partial charge on any atom is 0.265 e. The highest BCUT2D eigenvalue weighted by Crippen LogP contribution is 2.22. The van der Waals surface area contributed by atoms with Crippen LogP contribution < -0.4 is 20.7 Å². The fraction of sp³-hybridized carbons (Fsp3) is 0.103. The third-order valence-electron chi connectivity index (χ3n) is 5.32. The van der Waals surface area contributed by atoms with Crippen molar-refractivity contribution in [2.24, 2.45) is 0 Å². The lowest BCUT2D eigenvalue weighted by molar-refractivity contribution is -0.122. The maximum atomic E-state index is 13.0. The molecule has 1 atom stereocenters. The van der Waals surface area contributed by atoms with Crippen molar-refractivity contribution in [2.75, 3.05) is 16.0 Å². The molecule has 4 aromatic rings. The SMILES string of the molecule is CCC(Oc1ccccc1)C(=O)Nc1ccccc1C(=O)Nc1ccc(Nc2ccccc2)cc1. The van der Waals surface area contributed by atoms with E-state index in [-0.39, 0.29) is 11.8 Å². The first-order chi connectivity index (χ1) is 17.1. The minimum absolute atomic E-state index is 0.312. The zero-order valence-corrected chi connectivity index (χ0v) is 19.4. The molecule has 0 heterocycles. The normalized spacial score (nSPS) is 11.2. The van der Waals surface area contributed by atoms with Gasteiger partial charge in [-0.05, 0) is 67.1 Å². The Kier molecular flexibility index (Phi) is 7.76. The quantitative estimate of drug-likeness (QED) is 0.264. The Balaban J connectivity index is 1.41. The van der Waals surface area contributed by atoms with Gasteiger partial charge in [-0.2, -0.15) is 0 Å². The van der Waals surface area contributed by atoms with Gasteiger partial charge in [-0.1, -0.05) is 55.5 Å². The summed E-state index contributed by atoms with van der Waals surface area (Å²) in [6.07, 6.45) is -0.198. The van der Waals surface area contributed by atoms with Gasteiger partial charge < -0.3 is 20.7 Å². The van der Waals surface area contributed by atoms with Crippen LogP contribution in [0.5, 0.6) is 5.75 Å². The zero-order chi connectivity index (χ0) is 24.5. The van der Waals surface area contributed by atoms with Gasteiger partial charge >= 0.3 is 0 Å². The number of nitrogens with one attached hydrogen (secondary N) is 3. The van der Waals surface area contributed by atoms with Gasteiger partial charge in [0.15, 0.2) is 6.10 Å². The summed E-state index contributed by atoms with van der Waals surface area (Å²) in [7, 11) is 0. The van der Waals surface area contributed by atoms with Crippen molar-refractivity contribution < 1.29 is 14.3 Å². The van der Waals surface area contributed by atoms with Gasteiger partial charge in [0.2, 0.25) is 0 Å². The number of hydrogen-bond donors (Lipinski definition) is 3. The molecule has 0 saturated carbocycles. The van der Waals surface area contributed by atoms with Gasteiger partial charge in [-0.15, -0.1) is 0 Å². The topological polar surface area (TPSA) is 79.5 Å². The van der Waals surface area contributed by atoms with Crippen LogP contribution >= 0.6 is 0 Å². The van der Waals surface area contributed by atoms with E-state index in [9.17, 15) is 9.59 Å². The van der Waals surface area contributed by atoms with Gasteiger partial charge in [0.1, 0.15) is 5.75 Å². The molecule has 0 bridgehead atoms. The van der Waals surface area contributed by atoms with E-state index >= 15 is 0 Å². The number of anilines is 4. The van der Waals surface area contributed by atoms with E-state index in [0.29, 0.717) is 29.1 Å². The van der Waals surface area contributed by atoms with Crippen molar-refractivity contribution in [1.29, 1.82) is 0 Å². The van der Waals surface area contributed by atoms with E-state index in [2.05, 4.69) is 16.0 Å². The molecule has 0 aliphatic carbocycles. The van der Waals surface area contributed by atoms with Crippen LogP contribution in [0.25, 0.3) is 0 Å². The number of rotatable bonds is 9. The van der Waals surface area contributed by atoms with Gasteiger partial charge in [-0.3, -0.25) is 9.59 Å². The molecule has 0 spiro atoms. The number of amides is 2. The summed E-state index contributed by atoms with van der Waals surface area (Å²) in [5, 5.41) is 9.06. The molecule has 0 fully saturated rings. The number of para-hydroxylation sites is 3. The molecule has 3 N–H and O–H groups in total. The molecule has 35 heavy (non-hydrogen) atoms. The lowest BCUT2D eigenvalue weighted by atomic mass is 10.1. The molecule has 176 valence electrons. The lowest BCUT2D eigenvalue weighted by Gasteiger charge is -2.18.